The first-order valence-corrected chi connectivity index (χ1v) is 5.94. The van der Waals surface area contributed by atoms with Crippen molar-refractivity contribution in [3.8, 4) is 0 Å². The topological polar surface area (TPSA) is 15.7 Å². The van der Waals surface area contributed by atoms with Gasteiger partial charge in [0.15, 0.2) is 0 Å². The minimum absolute atomic E-state index is 0.808. The summed E-state index contributed by atoms with van der Waals surface area (Å²) in [7, 11) is 0. The Bertz CT molecular complexity index is 161. The molecule has 0 unspecified atom stereocenters. The van der Waals surface area contributed by atoms with Crippen LogP contribution in [0.5, 0.6) is 0 Å². The van der Waals surface area contributed by atoms with Crippen LogP contribution in [0.15, 0.2) is 0 Å². The van der Waals surface area contributed by atoms with Crippen molar-refractivity contribution in [2.75, 3.05) is 45.9 Å². The standard InChI is InChI=1S/C11H22N2O/c1-2-12-5-7-13(8-6-12)11-3-9-14-10-4-11/h11H,2-10H2,1H3. The maximum Gasteiger partial charge on any atom is 0.0480 e. The summed E-state index contributed by atoms with van der Waals surface area (Å²) in [5, 5.41) is 0. The summed E-state index contributed by atoms with van der Waals surface area (Å²) in [6.45, 7) is 10.4. The number of hydrogen-bond acceptors (Lipinski definition) is 3. The van der Waals surface area contributed by atoms with E-state index in [1.165, 1.54) is 45.6 Å². The highest BCUT2D eigenvalue weighted by Crippen LogP contribution is 2.16. The molecule has 14 heavy (non-hydrogen) atoms. The van der Waals surface area contributed by atoms with E-state index in [2.05, 4.69) is 16.7 Å². The second-order valence-corrected chi connectivity index (χ2v) is 4.31. The minimum Gasteiger partial charge on any atom is -0.381 e. The second kappa shape index (κ2) is 5.10. The molecule has 2 fully saturated rings. The molecule has 0 spiro atoms. The van der Waals surface area contributed by atoms with Crippen molar-refractivity contribution in [2.45, 2.75) is 25.8 Å². The smallest absolute Gasteiger partial charge is 0.0480 e. The van der Waals surface area contributed by atoms with E-state index in [-0.39, 0.29) is 0 Å². The summed E-state index contributed by atoms with van der Waals surface area (Å²) in [5.74, 6) is 0. The van der Waals surface area contributed by atoms with Crippen molar-refractivity contribution in [3.63, 3.8) is 0 Å². The second-order valence-electron chi connectivity index (χ2n) is 4.31. The Morgan fingerprint density at radius 3 is 2.29 bits per heavy atom. The zero-order valence-corrected chi connectivity index (χ0v) is 9.24. The van der Waals surface area contributed by atoms with Crippen molar-refractivity contribution in [3.05, 3.63) is 0 Å². The van der Waals surface area contributed by atoms with Gasteiger partial charge < -0.3 is 9.64 Å². The first-order chi connectivity index (χ1) is 6.90. The van der Waals surface area contributed by atoms with E-state index in [9.17, 15) is 0 Å². The van der Waals surface area contributed by atoms with E-state index in [0.717, 1.165) is 19.3 Å². The molecule has 0 aromatic carbocycles. The third-order valence-corrected chi connectivity index (χ3v) is 3.56. The maximum absolute atomic E-state index is 5.40. The molecule has 0 N–H and O–H groups in total. The van der Waals surface area contributed by atoms with E-state index < -0.39 is 0 Å². The lowest BCUT2D eigenvalue weighted by Crippen LogP contribution is -2.51. The molecule has 3 heteroatoms. The van der Waals surface area contributed by atoms with Crippen LogP contribution in [-0.4, -0.2) is 61.8 Å². The SMILES string of the molecule is CCN1CCN(C2CCOCC2)CC1. The van der Waals surface area contributed by atoms with Crippen LogP contribution < -0.4 is 0 Å². The van der Waals surface area contributed by atoms with Gasteiger partial charge in [-0.3, -0.25) is 4.90 Å². The van der Waals surface area contributed by atoms with Gasteiger partial charge >= 0.3 is 0 Å². The Balaban J connectivity index is 1.76. The fraction of sp³-hybridized carbons (Fsp3) is 1.00. The van der Waals surface area contributed by atoms with Crippen molar-refractivity contribution < 1.29 is 4.74 Å². The summed E-state index contributed by atoms with van der Waals surface area (Å²) >= 11 is 0. The molecule has 2 heterocycles. The molecule has 0 saturated carbocycles. The average Bonchev–Trinajstić information content (AvgIpc) is 2.30. The Morgan fingerprint density at radius 2 is 1.71 bits per heavy atom. The molecule has 0 aromatic heterocycles. The average molecular weight is 198 g/mol. The fourth-order valence-corrected chi connectivity index (χ4v) is 2.50. The molecule has 0 bridgehead atoms. The number of piperazine rings is 1. The molecule has 2 rings (SSSR count). The van der Waals surface area contributed by atoms with Crippen molar-refractivity contribution in [1.29, 1.82) is 0 Å². The molecule has 0 aliphatic carbocycles. The summed E-state index contributed by atoms with van der Waals surface area (Å²) in [6.07, 6.45) is 2.48. The molecule has 0 amide bonds. The molecule has 2 saturated heterocycles. The number of likely N-dealkylation sites (N-methyl/N-ethyl adjacent to an activating group) is 1. The first kappa shape index (κ1) is 10.4. The van der Waals surface area contributed by atoms with E-state index in [1.807, 2.05) is 0 Å². The van der Waals surface area contributed by atoms with Crippen LogP contribution in [0, 0.1) is 0 Å². The van der Waals surface area contributed by atoms with Gasteiger partial charge in [-0.25, -0.2) is 0 Å². The molecule has 0 radical (unpaired) electrons. The van der Waals surface area contributed by atoms with Crippen LogP contribution in [0.3, 0.4) is 0 Å². The lowest BCUT2D eigenvalue weighted by Gasteiger charge is -2.40. The van der Waals surface area contributed by atoms with Gasteiger partial charge in [0.1, 0.15) is 0 Å². The monoisotopic (exact) mass is 198 g/mol. The van der Waals surface area contributed by atoms with Crippen LogP contribution in [0.2, 0.25) is 0 Å². The lowest BCUT2D eigenvalue weighted by molar-refractivity contribution is 0.0146. The number of ether oxygens (including phenoxy) is 1. The Kier molecular flexibility index (Phi) is 3.79. The van der Waals surface area contributed by atoms with Crippen LogP contribution >= 0.6 is 0 Å². The van der Waals surface area contributed by atoms with E-state index >= 15 is 0 Å². The van der Waals surface area contributed by atoms with Gasteiger partial charge in [-0.15, -0.1) is 0 Å². The lowest BCUT2D eigenvalue weighted by atomic mass is 10.1. The maximum atomic E-state index is 5.40. The van der Waals surface area contributed by atoms with Gasteiger partial charge in [-0.05, 0) is 19.4 Å². The number of rotatable bonds is 2. The van der Waals surface area contributed by atoms with Crippen LogP contribution in [0.1, 0.15) is 19.8 Å². The van der Waals surface area contributed by atoms with Gasteiger partial charge in [0.2, 0.25) is 0 Å². The largest absolute Gasteiger partial charge is 0.381 e. The molecule has 2 aliphatic rings. The quantitative estimate of drug-likeness (QED) is 0.653. The van der Waals surface area contributed by atoms with Gasteiger partial charge in [0, 0.05) is 45.4 Å². The summed E-state index contributed by atoms with van der Waals surface area (Å²) in [4.78, 5) is 5.20. The third kappa shape index (κ3) is 2.47. The van der Waals surface area contributed by atoms with Gasteiger partial charge in [0.05, 0.1) is 0 Å². The molecule has 2 aliphatic heterocycles. The molecular formula is C11H22N2O. The zero-order valence-electron chi connectivity index (χ0n) is 9.24. The predicted octanol–water partition coefficient (Wildman–Crippen LogP) is 0.803. The number of nitrogens with zero attached hydrogens (tertiary/aromatic N) is 2. The van der Waals surface area contributed by atoms with Crippen molar-refractivity contribution >= 4 is 0 Å². The molecule has 82 valence electrons. The van der Waals surface area contributed by atoms with Crippen LogP contribution in [0.4, 0.5) is 0 Å². The van der Waals surface area contributed by atoms with Gasteiger partial charge in [-0.1, -0.05) is 6.92 Å². The molecule has 0 aromatic rings. The van der Waals surface area contributed by atoms with E-state index in [0.29, 0.717) is 0 Å². The predicted molar refractivity (Wildman–Crippen MR) is 57.5 cm³/mol. The highest BCUT2D eigenvalue weighted by atomic mass is 16.5. The molecule has 0 atom stereocenters. The third-order valence-electron chi connectivity index (χ3n) is 3.56. The fourth-order valence-electron chi connectivity index (χ4n) is 2.50. The van der Waals surface area contributed by atoms with Crippen LogP contribution in [-0.2, 0) is 4.74 Å². The highest BCUT2D eigenvalue weighted by Gasteiger charge is 2.24. The van der Waals surface area contributed by atoms with Crippen LogP contribution in [0.25, 0.3) is 0 Å². The van der Waals surface area contributed by atoms with E-state index in [4.69, 9.17) is 4.74 Å². The molecule has 3 nitrogen and oxygen atoms in total. The Hall–Kier alpha value is -0.120. The normalized spacial score (nSPS) is 28.1. The van der Waals surface area contributed by atoms with Crippen molar-refractivity contribution in [1.82, 2.24) is 9.80 Å². The Morgan fingerprint density at radius 1 is 1.07 bits per heavy atom. The van der Waals surface area contributed by atoms with Gasteiger partial charge in [0.25, 0.3) is 0 Å². The highest BCUT2D eigenvalue weighted by molar-refractivity contribution is 4.79. The summed E-state index contributed by atoms with van der Waals surface area (Å²) < 4.78 is 5.40. The van der Waals surface area contributed by atoms with Gasteiger partial charge in [-0.2, -0.15) is 0 Å². The minimum atomic E-state index is 0.808. The first-order valence-electron chi connectivity index (χ1n) is 5.94. The zero-order chi connectivity index (χ0) is 9.80. The van der Waals surface area contributed by atoms with E-state index in [1.54, 1.807) is 0 Å². The number of hydrogen-bond donors (Lipinski definition) is 0. The molecular weight excluding hydrogens is 176 g/mol. The summed E-state index contributed by atoms with van der Waals surface area (Å²) in [6, 6.07) is 0.808. The Labute approximate surface area is 87.0 Å². The van der Waals surface area contributed by atoms with Crippen molar-refractivity contribution in [2.24, 2.45) is 0 Å². The summed E-state index contributed by atoms with van der Waals surface area (Å²) in [5.41, 5.74) is 0.